The average Bonchev–Trinajstić information content (AvgIpc) is 2.35. The zero-order chi connectivity index (χ0) is 13.2. The summed E-state index contributed by atoms with van der Waals surface area (Å²) in [5, 5.41) is 10.1. The van der Waals surface area contributed by atoms with E-state index in [-0.39, 0.29) is 25.9 Å². The van der Waals surface area contributed by atoms with Crippen LogP contribution in [0.15, 0.2) is 36.4 Å². The van der Waals surface area contributed by atoms with E-state index in [0.29, 0.717) is 0 Å². The van der Waals surface area contributed by atoms with Crippen molar-refractivity contribution >= 4 is 18.0 Å². The number of hydrogen-bond acceptors (Lipinski definition) is 4. The predicted molar refractivity (Wildman–Crippen MR) is 65.3 cm³/mol. The minimum absolute atomic E-state index is 0.104. The van der Waals surface area contributed by atoms with Crippen LogP contribution in [0.25, 0.3) is 6.08 Å². The van der Waals surface area contributed by atoms with Gasteiger partial charge in [0.15, 0.2) is 0 Å². The van der Waals surface area contributed by atoms with E-state index in [1.807, 2.05) is 36.4 Å². The van der Waals surface area contributed by atoms with Crippen molar-refractivity contribution in [3.8, 4) is 0 Å². The molecule has 0 radical (unpaired) electrons. The second-order valence-electron chi connectivity index (χ2n) is 3.72. The summed E-state index contributed by atoms with van der Waals surface area (Å²) in [7, 11) is 0. The van der Waals surface area contributed by atoms with Gasteiger partial charge in [-0.1, -0.05) is 36.4 Å². The summed E-state index contributed by atoms with van der Waals surface area (Å²) in [5.41, 5.74) is 1.03. The smallest absolute Gasteiger partial charge is 0.306 e. The Morgan fingerprint density at radius 1 is 1.17 bits per heavy atom. The second-order valence-corrected chi connectivity index (χ2v) is 3.72. The Balaban J connectivity index is 2.15. The molecule has 1 rings (SSSR count). The normalized spacial score (nSPS) is 10.4. The van der Waals surface area contributed by atoms with Crippen LogP contribution in [0.1, 0.15) is 24.8 Å². The van der Waals surface area contributed by atoms with E-state index in [1.165, 1.54) is 0 Å². The van der Waals surface area contributed by atoms with E-state index in [9.17, 15) is 14.7 Å². The van der Waals surface area contributed by atoms with Crippen molar-refractivity contribution in [2.75, 3.05) is 6.61 Å². The average molecular weight is 247 g/mol. The standard InChI is InChI=1S/C14H16O4/c15-13(16)9-4-10-14(17)18-11-5-8-12-6-2-1-3-7-12/h1-3,5-8H,4,9-11H2,(H,15,16)/p-1/b8-5+. The van der Waals surface area contributed by atoms with E-state index in [2.05, 4.69) is 0 Å². The molecule has 0 N–H and O–H groups in total. The van der Waals surface area contributed by atoms with Crippen LogP contribution < -0.4 is 5.11 Å². The molecule has 0 spiro atoms. The van der Waals surface area contributed by atoms with Gasteiger partial charge in [-0.3, -0.25) is 4.79 Å². The van der Waals surface area contributed by atoms with Crippen LogP contribution in [0.2, 0.25) is 0 Å². The highest BCUT2D eigenvalue weighted by Gasteiger charge is 2.00. The summed E-state index contributed by atoms with van der Waals surface area (Å²) in [6.45, 7) is 0.194. The molecule has 0 atom stereocenters. The molecular formula is C14H15O4-. The predicted octanol–water partition coefficient (Wildman–Crippen LogP) is 1.16. The quantitative estimate of drug-likeness (QED) is 0.678. The minimum Gasteiger partial charge on any atom is -0.550 e. The maximum atomic E-state index is 11.2. The molecule has 1 aromatic carbocycles. The SMILES string of the molecule is O=C([O-])CCCC(=O)OC/C=C/c1ccccc1. The van der Waals surface area contributed by atoms with Crippen LogP contribution in [0.3, 0.4) is 0 Å². The van der Waals surface area contributed by atoms with Gasteiger partial charge in [0, 0.05) is 12.4 Å². The zero-order valence-corrected chi connectivity index (χ0v) is 10.0. The highest BCUT2D eigenvalue weighted by atomic mass is 16.5. The lowest BCUT2D eigenvalue weighted by Crippen LogP contribution is -2.21. The highest BCUT2D eigenvalue weighted by Crippen LogP contribution is 2.01. The summed E-state index contributed by atoms with van der Waals surface area (Å²) in [6, 6.07) is 9.66. The molecule has 4 nitrogen and oxygen atoms in total. The lowest BCUT2D eigenvalue weighted by Gasteiger charge is -2.02. The number of carbonyl (C=O) groups excluding carboxylic acids is 2. The molecule has 1 aromatic rings. The lowest BCUT2D eigenvalue weighted by molar-refractivity contribution is -0.305. The number of ether oxygens (including phenoxy) is 1. The summed E-state index contributed by atoms with van der Waals surface area (Å²) < 4.78 is 4.91. The number of esters is 1. The topological polar surface area (TPSA) is 66.4 Å². The Morgan fingerprint density at radius 2 is 1.89 bits per heavy atom. The van der Waals surface area contributed by atoms with Gasteiger partial charge in [-0.25, -0.2) is 0 Å². The molecule has 0 amide bonds. The fourth-order valence-electron chi connectivity index (χ4n) is 1.34. The molecule has 0 aliphatic rings. The van der Waals surface area contributed by atoms with Crippen molar-refractivity contribution in [1.29, 1.82) is 0 Å². The molecule has 96 valence electrons. The first kappa shape index (κ1) is 14.0. The largest absolute Gasteiger partial charge is 0.550 e. The number of hydrogen-bond donors (Lipinski definition) is 0. The summed E-state index contributed by atoms with van der Waals surface area (Å²) in [4.78, 5) is 21.3. The molecule has 4 heteroatoms. The van der Waals surface area contributed by atoms with Crippen molar-refractivity contribution in [3.63, 3.8) is 0 Å². The van der Waals surface area contributed by atoms with Crippen LogP contribution in [0.4, 0.5) is 0 Å². The summed E-state index contributed by atoms with van der Waals surface area (Å²) in [6.07, 6.45) is 3.84. The second kappa shape index (κ2) is 8.06. The van der Waals surface area contributed by atoms with E-state index >= 15 is 0 Å². The van der Waals surface area contributed by atoms with E-state index < -0.39 is 11.9 Å². The molecule has 0 aromatic heterocycles. The lowest BCUT2D eigenvalue weighted by atomic mass is 10.2. The maximum Gasteiger partial charge on any atom is 0.306 e. The first-order chi connectivity index (χ1) is 8.68. The molecule has 0 heterocycles. The third-order valence-corrected chi connectivity index (χ3v) is 2.21. The van der Waals surface area contributed by atoms with Gasteiger partial charge in [-0.2, -0.15) is 0 Å². The number of rotatable bonds is 7. The minimum atomic E-state index is -1.15. The Bertz CT molecular complexity index is 409. The molecule has 0 saturated carbocycles. The van der Waals surface area contributed by atoms with Crippen molar-refractivity contribution in [1.82, 2.24) is 0 Å². The third-order valence-electron chi connectivity index (χ3n) is 2.21. The van der Waals surface area contributed by atoms with Crippen LogP contribution in [0, 0.1) is 0 Å². The zero-order valence-electron chi connectivity index (χ0n) is 10.0. The van der Waals surface area contributed by atoms with Crippen LogP contribution >= 0.6 is 0 Å². The van der Waals surface area contributed by atoms with Crippen LogP contribution in [-0.2, 0) is 14.3 Å². The van der Waals surface area contributed by atoms with Gasteiger partial charge >= 0.3 is 5.97 Å². The monoisotopic (exact) mass is 247 g/mol. The Hall–Kier alpha value is -2.10. The van der Waals surface area contributed by atoms with E-state index in [0.717, 1.165) is 5.56 Å². The molecule has 0 bridgehead atoms. The van der Waals surface area contributed by atoms with Gasteiger partial charge in [-0.05, 0) is 24.5 Å². The fraction of sp³-hybridized carbons (Fsp3) is 0.286. The number of aliphatic carboxylic acids is 1. The number of benzene rings is 1. The first-order valence-corrected chi connectivity index (χ1v) is 5.75. The maximum absolute atomic E-state index is 11.2. The Morgan fingerprint density at radius 3 is 2.56 bits per heavy atom. The summed E-state index contributed by atoms with van der Waals surface area (Å²) >= 11 is 0. The van der Waals surface area contributed by atoms with E-state index in [4.69, 9.17) is 4.74 Å². The Kier molecular flexibility index (Phi) is 6.25. The van der Waals surface area contributed by atoms with Gasteiger partial charge < -0.3 is 14.6 Å². The Labute approximate surface area is 106 Å². The fourth-order valence-corrected chi connectivity index (χ4v) is 1.34. The van der Waals surface area contributed by atoms with Crippen LogP contribution in [-0.4, -0.2) is 18.5 Å². The van der Waals surface area contributed by atoms with Crippen molar-refractivity contribution in [2.24, 2.45) is 0 Å². The molecule has 0 fully saturated rings. The molecule has 0 aliphatic heterocycles. The third kappa shape index (κ3) is 6.48. The number of carboxylic acids is 1. The highest BCUT2D eigenvalue weighted by molar-refractivity contribution is 5.71. The van der Waals surface area contributed by atoms with Crippen molar-refractivity contribution in [2.45, 2.75) is 19.3 Å². The van der Waals surface area contributed by atoms with Gasteiger partial charge in [0.2, 0.25) is 0 Å². The molecular weight excluding hydrogens is 232 g/mol. The molecule has 0 unspecified atom stereocenters. The summed E-state index contributed by atoms with van der Waals surface area (Å²) in [5.74, 6) is -1.54. The number of carboxylic acid groups (broad SMARTS) is 1. The first-order valence-electron chi connectivity index (χ1n) is 5.75. The van der Waals surface area contributed by atoms with Gasteiger partial charge in [0.05, 0.1) is 0 Å². The molecule has 0 saturated heterocycles. The molecule has 0 aliphatic carbocycles. The van der Waals surface area contributed by atoms with Gasteiger partial charge in [0.25, 0.3) is 0 Å². The van der Waals surface area contributed by atoms with Crippen molar-refractivity contribution in [3.05, 3.63) is 42.0 Å². The number of carbonyl (C=O) groups is 2. The molecule has 18 heavy (non-hydrogen) atoms. The van der Waals surface area contributed by atoms with Gasteiger partial charge in [0.1, 0.15) is 6.61 Å². The van der Waals surface area contributed by atoms with E-state index in [1.54, 1.807) is 6.08 Å². The van der Waals surface area contributed by atoms with Gasteiger partial charge in [-0.15, -0.1) is 0 Å². The van der Waals surface area contributed by atoms with Crippen LogP contribution in [0.5, 0.6) is 0 Å². The van der Waals surface area contributed by atoms with Crippen molar-refractivity contribution < 1.29 is 19.4 Å².